The second-order valence-corrected chi connectivity index (χ2v) is 21.5. The van der Waals surface area contributed by atoms with Crippen LogP contribution < -0.4 is 0 Å². The van der Waals surface area contributed by atoms with Gasteiger partial charge in [-0.15, -0.1) is 0 Å². The quantitative estimate of drug-likeness (QED) is 0.116. The van der Waals surface area contributed by atoms with Gasteiger partial charge in [-0.3, -0.25) is 0 Å². The van der Waals surface area contributed by atoms with Gasteiger partial charge in [0.1, 0.15) is 0 Å². The van der Waals surface area contributed by atoms with Gasteiger partial charge in [-0.1, -0.05) is 161 Å². The Bertz CT molecular complexity index is 1850. The molecule has 360 valence electrons. The van der Waals surface area contributed by atoms with Crippen LogP contribution in [0.5, 0.6) is 0 Å². The molecule has 0 atom stereocenters. The molecule has 6 heteroatoms. The van der Waals surface area contributed by atoms with Crippen LogP contribution in [0.15, 0.2) is 110 Å². The first-order chi connectivity index (χ1) is 31.4. The van der Waals surface area contributed by atoms with Crippen LogP contribution in [0.3, 0.4) is 0 Å². The van der Waals surface area contributed by atoms with E-state index in [-0.39, 0.29) is 0 Å². The molecular weight excluding hydrogens is 1200 g/mol. The predicted octanol–water partition coefficient (Wildman–Crippen LogP) is 18.2. The molecule has 0 aliphatic rings. The number of halogens is 2. The summed E-state index contributed by atoms with van der Waals surface area (Å²) in [5.41, 5.74) is 24.0. The van der Waals surface area contributed by atoms with E-state index >= 15 is 0 Å². The van der Waals surface area contributed by atoms with E-state index in [0.29, 0.717) is 0 Å². The van der Waals surface area contributed by atoms with Crippen molar-refractivity contribution < 1.29 is 34.7 Å². The fraction of sp³-hybridized carbons (Fsp3) is 0.311. The third kappa shape index (κ3) is 35.8. The van der Waals surface area contributed by atoms with Gasteiger partial charge in [0.15, 0.2) is 0 Å². The number of hydrogen-bond acceptors (Lipinski definition) is 2. The summed E-state index contributed by atoms with van der Waals surface area (Å²) in [6.45, 7) is 39.5. The molecule has 7 aromatic carbocycles. The zero-order chi connectivity index (χ0) is 51.1. The minimum atomic E-state index is -0.900. The molecule has 0 bridgehead atoms. The van der Waals surface area contributed by atoms with E-state index in [1.807, 2.05) is 18.2 Å². The predicted molar refractivity (Wildman–Crippen MR) is 285 cm³/mol. The number of nitrogens with zero attached hydrogens (tertiary/aromatic N) is 2. The van der Waals surface area contributed by atoms with Gasteiger partial charge in [0, 0.05) is 0 Å². The Morgan fingerprint density at radius 3 is 0.493 bits per heavy atom. The molecule has 0 unspecified atom stereocenters. The second kappa shape index (κ2) is 36.1. The summed E-state index contributed by atoms with van der Waals surface area (Å²) in [7, 11) is 10.5. The molecule has 0 spiro atoms. The summed E-state index contributed by atoms with van der Waals surface area (Å²) in [6, 6.07) is 55.1. The fourth-order valence-electron chi connectivity index (χ4n) is 7.21. The molecule has 0 aromatic heterocycles. The van der Waals surface area contributed by atoms with E-state index in [0.717, 1.165) is 0 Å². The van der Waals surface area contributed by atoms with E-state index < -0.39 is 34.7 Å². The minimum absolute atomic E-state index is 0.900. The van der Waals surface area contributed by atoms with E-state index in [4.69, 9.17) is 18.8 Å². The topological polar surface area (TPSA) is 24.7 Å². The van der Waals surface area contributed by atoms with Gasteiger partial charge in [-0.2, -0.15) is 209 Å². The number of hydrogen-bond donors (Lipinski definition) is 0. The van der Waals surface area contributed by atoms with Crippen LogP contribution in [0, 0.1) is 168 Å². The third-order valence-electron chi connectivity index (χ3n) is 8.73. The zero-order valence-electron chi connectivity index (χ0n) is 43.8. The summed E-state index contributed by atoms with van der Waals surface area (Å²) in [4.78, 5) is 0. The van der Waals surface area contributed by atoms with E-state index in [1.54, 1.807) is 0 Å². The van der Waals surface area contributed by atoms with Crippen molar-refractivity contribution in [3.8, 4) is 0 Å². The summed E-state index contributed by atoms with van der Waals surface area (Å²) in [5, 5.41) is 0. The zero-order valence-corrected chi connectivity index (χ0v) is 51.2. The number of aryl methyl sites for hydroxylation is 19. The third-order valence-corrected chi connectivity index (χ3v) is 12.4. The molecule has 0 aliphatic carbocycles. The van der Waals surface area contributed by atoms with E-state index in [9.17, 15) is 0 Å². The Balaban J connectivity index is 0.000000746. The van der Waals surface area contributed by atoms with Gasteiger partial charge in [0.25, 0.3) is 0 Å². The Morgan fingerprint density at radius 2 is 0.403 bits per heavy atom. The summed E-state index contributed by atoms with van der Waals surface area (Å²) in [5.74, 6) is 0. The molecule has 0 radical (unpaired) electrons. The maximum atomic E-state index is 5.25. The average Bonchev–Trinajstić information content (AvgIpc) is 3.16. The first kappa shape index (κ1) is 63.1. The van der Waals surface area contributed by atoms with Crippen molar-refractivity contribution in [1.29, 1.82) is 0 Å². The molecule has 0 saturated carbocycles. The fourth-order valence-corrected chi connectivity index (χ4v) is 12.2. The van der Waals surface area contributed by atoms with Gasteiger partial charge >= 0.3 is 60.7 Å². The first-order valence-electron chi connectivity index (χ1n) is 22.2. The van der Waals surface area contributed by atoms with Crippen molar-refractivity contribution in [3.63, 3.8) is 0 Å². The first-order valence-corrected chi connectivity index (χ1v) is 32.1. The normalized spacial score (nSPS) is 9.75. The molecule has 67 heavy (non-hydrogen) atoms. The van der Waals surface area contributed by atoms with Crippen molar-refractivity contribution in [2.75, 3.05) is 0 Å². The average molecular weight is 1270 g/mol. The van der Waals surface area contributed by atoms with Crippen LogP contribution in [0.2, 0.25) is 0 Å². The van der Waals surface area contributed by atoms with E-state index in [1.165, 1.54) is 106 Å². The standard InChI is InChI=1S/6C9H11.C7H8.2ClH.N2.2W/c6*1-7-4-8(2)6-9(3)5-7;1-7-5-3-2-4-6-7;;;1-2;;/h6*4-5H,1-3H3;2-6H,1H3;2*1H;;;/q6*-1;;;;;2*+1/p-2. The number of benzene rings is 7. The van der Waals surface area contributed by atoms with Crippen molar-refractivity contribution in [2.45, 2.75) is 132 Å². The van der Waals surface area contributed by atoms with Crippen LogP contribution in [0.25, 0.3) is 0 Å². The molecule has 0 amide bonds. The van der Waals surface area contributed by atoms with Gasteiger partial charge in [0.05, 0.1) is 0 Å². The summed E-state index contributed by atoms with van der Waals surface area (Å²) < 4.78 is 7.18. The van der Waals surface area contributed by atoms with Crippen molar-refractivity contribution in [1.82, 2.24) is 0 Å². The molecule has 0 N–H and O–H groups in total. The second-order valence-electron chi connectivity index (χ2n) is 17.1. The Kier molecular flexibility index (Phi) is 34.0. The van der Waals surface area contributed by atoms with Gasteiger partial charge < -0.3 is 0 Å². The molecule has 0 saturated heterocycles. The van der Waals surface area contributed by atoms with E-state index in [2.05, 4.69) is 260 Å². The molecule has 0 heterocycles. The number of rotatable bonds is 1. The SMILES string of the molecule is Cc1[c-]c(C)cc(C)c1.Cc1[c-]c(C)cc(C)c1.Cc1[c-]c(C)cc(C)c1.Cc1[c-]c(C)cc(C)c1.Cc1[c-]c(C)cc(C)c1.Cc1[c-]c(C)cc(C)c1.Cc1ccccc1.[Cl][W]=[N][N]=[W][Cl]. The van der Waals surface area contributed by atoms with Gasteiger partial charge in [0.2, 0.25) is 0 Å². The van der Waals surface area contributed by atoms with Crippen LogP contribution in [-0.2, 0) is 34.7 Å². The molecule has 0 aliphatic heterocycles. The molecule has 7 rings (SSSR count). The van der Waals surface area contributed by atoms with Crippen LogP contribution in [-0.4, -0.2) is 0 Å². The van der Waals surface area contributed by atoms with Crippen LogP contribution in [0.1, 0.15) is 106 Å². The monoisotopic (exact) mass is 1270 g/mol. The Labute approximate surface area is 434 Å². The van der Waals surface area contributed by atoms with Crippen molar-refractivity contribution in [2.24, 2.45) is 7.21 Å². The Morgan fingerprint density at radius 1 is 0.254 bits per heavy atom. The van der Waals surface area contributed by atoms with Crippen molar-refractivity contribution >= 4 is 18.8 Å². The molecule has 7 aromatic rings. The summed E-state index contributed by atoms with van der Waals surface area (Å²) >= 11 is -1.80. The molecule has 2 nitrogen and oxygen atoms in total. The van der Waals surface area contributed by atoms with Gasteiger partial charge in [-0.05, 0) is 6.92 Å². The van der Waals surface area contributed by atoms with Gasteiger partial charge in [-0.25, -0.2) is 0 Å². The summed E-state index contributed by atoms with van der Waals surface area (Å²) in [6.07, 6.45) is 0. The van der Waals surface area contributed by atoms with Crippen LogP contribution >= 0.6 is 18.8 Å². The molecular formula is C61H74Cl2N2W2-6. The Hall–Kier alpha value is -3.90. The molecule has 0 fully saturated rings. The van der Waals surface area contributed by atoms with Crippen molar-refractivity contribution in [3.05, 3.63) is 245 Å². The maximum absolute atomic E-state index is 5.25. The van der Waals surface area contributed by atoms with Crippen LogP contribution in [0.4, 0.5) is 0 Å².